The second-order valence-electron chi connectivity index (χ2n) is 6.45. The summed E-state index contributed by atoms with van der Waals surface area (Å²) in [5, 5.41) is 4.00. The first-order valence-corrected chi connectivity index (χ1v) is 8.00. The van der Waals surface area contributed by atoms with Crippen molar-refractivity contribution in [3.63, 3.8) is 0 Å². The monoisotopic (exact) mass is 256 g/mol. The van der Waals surface area contributed by atoms with Gasteiger partial charge in [-0.3, -0.25) is 4.90 Å². The topological polar surface area (TPSA) is 15.3 Å². The van der Waals surface area contributed by atoms with E-state index in [1.807, 2.05) is 0 Å². The predicted molar refractivity (Wildman–Crippen MR) is 78.3 cm³/mol. The molecule has 1 aromatic rings. The molecule has 102 valence electrons. The van der Waals surface area contributed by atoms with Crippen molar-refractivity contribution in [3.05, 3.63) is 35.4 Å². The maximum Gasteiger partial charge on any atom is 0.0326 e. The molecular formula is C17H24N2. The second-order valence-corrected chi connectivity index (χ2v) is 6.45. The van der Waals surface area contributed by atoms with Gasteiger partial charge in [0.25, 0.3) is 0 Å². The Kier molecular flexibility index (Phi) is 3.08. The zero-order valence-electron chi connectivity index (χ0n) is 11.6. The number of benzene rings is 1. The Morgan fingerprint density at radius 1 is 1.00 bits per heavy atom. The van der Waals surface area contributed by atoms with Gasteiger partial charge in [-0.15, -0.1) is 0 Å². The summed E-state index contributed by atoms with van der Waals surface area (Å²) < 4.78 is 0. The van der Waals surface area contributed by atoms with Gasteiger partial charge in [0, 0.05) is 24.7 Å². The lowest BCUT2D eigenvalue weighted by Gasteiger charge is -2.31. The SMILES string of the molecule is c1ccc2c(c1)CCCC2NC1CCN2CCCC12. The van der Waals surface area contributed by atoms with Crippen molar-refractivity contribution in [2.24, 2.45) is 0 Å². The predicted octanol–water partition coefficient (Wildman–Crippen LogP) is 2.89. The van der Waals surface area contributed by atoms with Crippen LogP contribution in [-0.4, -0.2) is 30.1 Å². The summed E-state index contributed by atoms with van der Waals surface area (Å²) in [4.78, 5) is 2.70. The summed E-state index contributed by atoms with van der Waals surface area (Å²) in [7, 11) is 0. The lowest BCUT2D eigenvalue weighted by atomic mass is 9.87. The molecule has 0 spiro atoms. The fourth-order valence-corrected chi connectivity index (χ4v) is 4.46. The zero-order valence-corrected chi connectivity index (χ0v) is 11.6. The highest BCUT2D eigenvalue weighted by Gasteiger charge is 2.38. The number of nitrogens with zero attached hydrogens (tertiary/aromatic N) is 1. The Morgan fingerprint density at radius 2 is 1.95 bits per heavy atom. The molecule has 3 aliphatic rings. The van der Waals surface area contributed by atoms with Gasteiger partial charge >= 0.3 is 0 Å². The summed E-state index contributed by atoms with van der Waals surface area (Å²) in [6, 6.07) is 11.2. The molecule has 19 heavy (non-hydrogen) atoms. The lowest BCUT2D eigenvalue weighted by molar-refractivity contribution is 0.283. The van der Waals surface area contributed by atoms with Gasteiger partial charge in [-0.2, -0.15) is 0 Å². The fraction of sp³-hybridized carbons (Fsp3) is 0.647. The van der Waals surface area contributed by atoms with Crippen LogP contribution in [-0.2, 0) is 6.42 Å². The number of rotatable bonds is 2. The molecule has 2 fully saturated rings. The molecule has 3 unspecified atom stereocenters. The number of fused-ring (bicyclic) bond motifs is 2. The molecule has 0 amide bonds. The van der Waals surface area contributed by atoms with Gasteiger partial charge in [0.15, 0.2) is 0 Å². The molecule has 0 aromatic heterocycles. The van der Waals surface area contributed by atoms with Crippen LogP contribution in [0.1, 0.15) is 49.3 Å². The van der Waals surface area contributed by atoms with Crippen molar-refractivity contribution >= 4 is 0 Å². The van der Waals surface area contributed by atoms with Gasteiger partial charge in [-0.05, 0) is 56.2 Å². The first-order valence-electron chi connectivity index (χ1n) is 8.00. The highest BCUT2D eigenvalue weighted by Crippen LogP contribution is 2.34. The molecule has 2 heteroatoms. The zero-order chi connectivity index (χ0) is 12.7. The van der Waals surface area contributed by atoms with Crippen LogP contribution in [0.4, 0.5) is 0 Å². The van der Waals surface area contributed by atoms with E-state index in [1.165, 1.54) is 51.6 Å². The van der Waals surface area contributed by atoms with E-state index >= 15 is 0 Å². The van der Waals surface area contributed by atoms with Gasteiger partial charge in [-0.1, -0.05) is 24.3 Å². The molecule has 1 aliphatic carbocycles. The van der Waals surface area contributed by atoms with Crippen LogP contribution in [0.5, 0.6) is 0 Å². The van der Waals surface area contributed by atoms with Crippen LogP contribution in [0.2, 0.25) is 0 Å². The van der Waals surface area contributed by atoms with Crippen LogP contribution in [0, 0.1) is 0 Å². The Balaban J connectivity index is 1.52. The van der Waals surface area contributed by atoms with Crippen molar-refractivity contribution in [3.8, 4) is 0 Å². The van der Waals surface area contributed by atoms with Gasteiger partial charge in [0.05, 0.1) is 0 Å². The second kappa shape index (κ2) is 4.92. The highest BCUT2D eigenvalue weighted by molar-refractivity contribution is 5.32. The van der Waals surface area contributed by atoms with Crippen LogP contribution < -0.4 is 5.32 Å². The van der Waals surface area contributed by atoms with Crippen LogP contribution >= 0.6 is 0 Å². The van der Waals surface area contributed by atoms with E-state index < -0.39 is 0 Å². The smallest absolute Gasteiger partial charge is 0.0326 e. The first-order chi connectivity index (χ1) is 9.42. The van der Waals surface area contributed by atoms with Crippen LogP contribution in [0.3, 0.4) is 0 Å². The van der Waals surface area contributed by atoms with E-state index in [0.29, 0.717) is 6.04 Å². The Labute approximate surface area is 116 Å². The molecule has 2 heterocycles. The molecule has 3 atom stereocenters. The third-order valence-corrected chi connectivity index (χ3v) is 5.39. The Morgan fingerprint density at radius 3 is 2.95 bits per heavy atom. The van der Waals surface area contributed by atoms with E-state index in [1.54, 1.807) is 11.1 Å². The van der Waals surface area contributed by atoms with E-state index in [4.69, 9.17) is 0 Å². The number of hydrogen-bond donors (Lipinski definition) is 1. The first kappa shape index (κ1) is 11.9. The quantitative estimate of drug-likeness (QED) is 0.875. The summed E-state index contributed by atoms with van der Waals surface area (Å²) >= 11 is 0. The number of aryl methyl sites for hydroxylation is 1. The maximum absolute atomic E-state index is 4.00. The van der Waals surface area contributed by atoms with E-state index in [0.717, 1.165) is 12.1 Å². The average Bonchev–Trinajstić information content (AvgIpc) is 3.04. The standard InChI is InChI=1S/C17H24N2/c1-2-7-14-13(5-1)6-3-8-15(14)18-16-10-12-19-11-4-9-17(16)19/h1-2,5,7,15-18H,3-4,6,8-12H2. The molecule has 2 aliphatic heterocycles. The van der Waals surface area contributed by atoms with Crippen molar-refractivity contribution < 1.29 is 0 Å². The minimum atomic E-state index is 0.607. The van der Waals surface area contributed by atoms with Crippen LogP contribution in [0.15, 0.2) is 24.3 Å². The van der Waals surface area contributed by atoms with Crippen LogP contribution in [0.25, 0.3) is 0 Å². The van der Waals surface area contributed by atoms with Crippen molar-refractivity contribution in [1.82, 2.24) is 10.2 Å². The Bertz CT molecular complexity index is 456. The molecule has 1 aromatic carbocycles. The van der Waals surface area contributed by atoms with Gasteiger partial charge in [0.1, 0.15) is 0 Å². The molecule has 2 nitrogen and oxygen atoms in total. The summed E-state index contributed by atoms with van der Waals surface area (Å²) in [6.07, 6.45) is 8.10. The summed E-state index contributed by atoms with van der Waals surface area (Å²) in [5.74, 6) is 0. The molecule has 4 rings (SSSR count). The normalized spacial score (nSPS) is 34.2. The van der Waals surface area contributed by atoms with E-state index in [-0.39, 0.29) is 0 Å². The van der Waals surface area contributed by atoms with Crippen molar-refractivity contribution in [2.75, 3.05) is 13.1 Å². The van der Waals surface area contributed by atoms with Gasteiger partial charge < -0.3 is 5.32 Å². The lowest BCUT2D eigenvalue weighted by Crippen LogP contribution is -2.41. The van der Waals surface area contributed by atoms with E-state index in [9.17, 15) is 0 Å². The fourth-order valence-electron chi connectivity index (χ4n) is 4.46. The average molecular weight is 256 g/mol. The molecule has 0 bridgehead atoms. The molecular weight excluding hydrogens is 232 g/mol. The number of hydrogen-bond acceptors (Lipinski definition) is 2. The van der Waals surface area contributed by atoms with Crippen molar-refractivity contribution in [2.45, 2.75) is 56.7 Å². The molecule has 0 saturated carbocycles. The molecule has 0 radical (unpaired) electrons. The molecule has 1 N–H and O–H groups in total. The Hall–Kier alpha value is -0.860. The molecule has 2 saturated heterocycles. The largest absolute Gasteiger partial charge is 0.306 e. The number of nitrogens with one attached hydrogen (secondary N) is 1. The van der Waals surface area contributed by atoms with Gasteiger partial charge in [-0.25, -0.2) is 0 Å². The minimum absolute atomic E-state index is 0.607. The minimum Gasteiger partial charge on any atom is -0.306 e. The summed E-state index contributed by atoms with van der Waals surface area (Å²) in [5.41, 5.74) is 3.15. The highest BCUT2D eigenvalue weighted by atomic mass is 15.2. The van der Waals surface area contributed by atoms with Gasteiger partial charge in [0.2, 0.25) is 0 Å². The van der Waals surface area contributed by atoms with Crippen molar-refractivity contribution in [1.29, 1.82) is 0 Å². The third kappa shape index (κ3) is 2.11. The maximum atomic E-state index is 4.00. The third-order valence-electron chi connectivity index (χ3n) is 5.39. The summed E-state index contributed by atoms with van der Waals surface area (Å²) in [6.45, 7) is 2.65. The van der Waals surface area contributed by atoms with E-state index in [2.05, 4.69) is 34.5 Å².